The number of aryl methyl sites for hydroxylation is 1. The number of methoxy groups -OCH3 is 1. The molecule has 35 heavy (non-hydrogen) atoms. The molecule has 1 atom stereocenters. The zero-order valence-corrected chi connectivity index (χ0v) is 21.3. The molecule has 0 aliphatic rings. The quantitative estimate of drug-likeness (QED) is 0.240. The van der Waals surface area contributed by atoms with Crippen molar-refractivity contribution in [1.82, 2.24) is 14.8 Å². The number of ketones is 1. The molecule has 0 bridgehead atoms. The Morgan fingerprint density at radius 3 is 2.54 bits per heavy atom. The molecule has 2 N–H and O–H groups in total. The molecule has 0 radical (unpaired) electrons. The largest absolute Gasteiger partial charge is 0.497 e. The number of carbonyl (C=O) groups is 1. The van der Waals surface area contributed by atoms with Crippen LogP contribution in [0, 0.1) is 6.92 Å². The van der Waals surface area contributed by atoms with Gasteiger partial charge in [0, 0.05) is 37.7 Å². The first-order valence-corrected chi connectivity index (χ1v) is 12.1. The van der Waals surface area contributed by atoms with Crippen LogP contribution >= 0.6 is 27.5 Å². The lowest BCUT2D eigenvalue weighted by Gasteiger charge is -2.16. The minimum atomic E-state index is -0.766. The van der Waals surface area contributed by atoms with Crippen LogP contribution in [0.1, 0.15) is 33.2 Å². The number of carbonyl (C=O) groups excluding carboxylic acids is 1. The molecule has 0 spiro atoms. The van der Waals surface area contributed by atoms with Crippen LogP contribution in [0.4, 0.5) is 0 Å². The molecule has 1 unspecified atom stereocenters. The first kappa shape index (κ1) is 23.2. The van der Waals surface area contributed by atoms with Crippen LogP contribution in [-0.2, 0) is 0 Å². The van der Waals surface area contributed by atoms with E-state index in [2.05, 4.69) is 26.0 Å². The van der Waals surface area contributed by atoms with E-state index in [1.807, 2.05) is 49.4 Å². The highest BCUT2D eigenvalue weighted by Gasteiger charge is 2.31. The van der Waals surface area contributed by atoms with Crippen molar-refractivity contribution in [2.24, 2.45) is 0 Å². The van der Waals surface area contributed by atoms with Gasteiger partial charge in [0.15, 0.2) is 5.78 Å². The second kappa shape index (κ2) is 9.24. The van der Waals surface area contributed by atoms with E-state index in [0.29, 0.717) is 27.7 Å². The minimum Gasteiger partial charge on any atom is -0.497 e. The predicted octanol–water partition coefficient (Wildman–Crippen LogP) is 6.39. The maximum atomic E-state index is 14.0. The molecule has 5 rings (SSSR count). The Balaban J connectivity index is 1.74. The summed E-state index contributed by atoms with van der Waals surface area (Å²) in [5.74, 6) is -0.245. The van der Waals surface area contributed by atoms with Gasteiger partial charge in [-0.3, -0.25) is 14.7 Å². The normalized spacial score (nSPS) is 12.1. The monoisotopic (exact) mass is 549 g/mol. The Kier molecular flexibility index (Phi) is 6.13. The average Bonchev–Trinajstić information content (AvgIpc) is 3.38. The number of nitrogens with zero attached hydrogens (tertiary/aromatic N) is 1. The lowest BCUT2D eigenvalue weighted by Crippen LogP contribution is -2.16. The summed E-state index contributed by atoms with van der Waals surface area (Å²) in [7, 11) is 1.60. The van der Waals surface area contributed by atoms with E-state index in [1.54, 1.807) is 31.4 Å². The number of nitrogens with one attached hydrogen (secondary N) is 2. The number of ether oxygens (including phenoxy) is 1. The number of rotatable bonds is 6. The number of aromatic amines is 2. The molecule has 0 saturated carbocycles. The van der Waals surface area contributed by atoms with E-state index in [4.69, 9.17) is 16.3 Å². The van der Waals surface area contributed by atoms with Crippen molar-refractivity contribution >= 4 is 44.2 Å². The fraction of sp³-hybridized carbons (Fsp3) is 0.111. The SMILES string of the molecule is COc1ccc2[nH]c(C)c(C(C(=O)c3ccc(Cl)cc3)c3cc(=O)n(-c4cccc(Br)c4)[nH]3)c2c1. The first-order chi connectivity index (χ1) is 16.9. The van der Waals surface area contributed by atoms with Crippen LogP contribution in [0.3, 0.4) is 0 Å². The second-order valence-electron chi connectivity index (χ2n) is 8.24. The van der Waals surface area contributed by atoms with Gasteiger partial charge in [-0.15, -0.1) is 0 Å². The van der Waals surface area contributed by atoms with Crippen molar-refractivity contribution in [2.75, 3.05) is 7.11 Å². The van der Waals surface area contributed by atoms with Crippen LogP contribution in [0.15, 0.2) is 82.1 Å². The van der Waals surface area contributed by atoms with Crippen LogP contribution in [0.2, 0.25) is 5.02 Å². The van der Waals surface area contributed by atoms with E-state index < -0.39 is 5.92 Å². The van der Waals surface area contributed by atoms with Gasteiger partial charge < -0.3 is 9.72 Å². The molecular weight excluding hydrogens is 530 g/mol. The number of hydrogen-bond acceptors (Lipinski definition) is 3. The summed E-state index contributed by atoms with van der Waals surface area (Å²) in [4.78, 5) is 30.4. The van der Waals surface area contributed by atoms with Crippen molar-refractivity contribution in [1.29, 1.82) is 0 Å². The lowest BCUT2D eigenvalue weighted by molar-refractivity contribution is 0.0972. The highest BCUT2D eigenvalue weighted by Crippen LogP contribution is 2.37. The molecule has 8 heteroatoms. The molecule has 176 valence electrons. The third-order valence-electron chi connectivity index (χ3n) is 6.04. The molecule has 2 aromatic heterocycles. The highest BCUT2D eigenvalue weighted by molar-refractivity contribution is 9.10. The molecule has 0 amide bonds. The summed E-state index contributed by atoms with van der Waals surface area (Å²) in [6, 6.07) is 21.3. The van der Waals surface area contributed by atoms with Crippen molar-refractivity contribution in [2.45, 2.75) is 12.8 Å². The summed E-state index contributed by atoms with van der Waals surface area (Å²) < 4.78 is 7.72. The Morgan fingerprint density at radius 1 is 1.06 bits per heavy atom. The van der Waals surface area contributed by atoms with Crippen LogP contribution in [0.5, 0.6) is 5.75 Å². The average molecular weight is 551 g/mol. The third-order valence-corrected chi connectivity index (χ3v) is 6.79. The number of aromatic nitrogens is 3. The molecule has 0 aliphatic heterocycles. The molecule has 0 fully saturated rings. The van der Waals surface area contributed by atoms with E-state index in [0.717, 1.165) is 26.6 Å². The number of Topliss-reactive ketones (excluding diaryl/α,β-unsaturated/α-hetero) is 1. The molecule has 3 aromatic carbocycles. The van der Waals surface area contributed by atoms with E-state index in [1.165, 1.54) is 10.7 Å². The Bertz CT molecular complexity index is 1620. The van der Waals surface area contributed by atoms with Crippen molar-refractivity contribution in [3.05, 3.63) is 115 Å². The zero-order chi connectivity index (χ0) is 24.7. The van der Waals surface area contributed by atoms with Gasteiger partial charge >= 0.3 is 0 Å². The van der Waals surface area contributed by atoms with Crippen LogP contribution in [0.25, 0.3) is 16.6 Å². The fourth-order valence-electron chi connectivity index (χ4n) is 4.40. The zero-order valence-electron chi connectivity index (χ0n) is 18.9. The van der Waals surface area contributed by atoms with Gasteiger partial charge in [0.05, 0.1) is 24.4 Å². The molecule has 5 aromatic rings. The number of benzene rings is 3. The number of fused-ring (bicyclic) bond motifs is 1. The van der Waals surface area contributed by atoms with Crippen molar-refractivity contribution in [3.8, 4) is 11.4 Å². The molecule has 2 heterocycles. The molecule has 0 aliphatic carbocycles. The van der Waals surface area contributed by atoms with Gasteiger partial charge in [-0.05, 0) is 73.2 Å². The van der Waals surface area contributed by atoms with Gasteiger partial charge in [0.25, 0.3) is 5.56 Å². The predicted molar refractivity (Wildman–Crippen MR) is 141 cm³/mol. The number of halogens is 2. The van der Waals surface area contributed by atoms with E-state index in [9.17, 15) is 9.59 Å². The van der Waals surface area contributed by atoms with Crippen molar-refractivity contribution < 1.29 is 9.53 Å². The van der Waals surface area contributed by atoms with Crippen LogP contribution in [-0.4, -0.2) is 27.7 Å². The summed E-state index contributed by atoms with van der Waals surface area (Å²) >= 11 is 9.52. The topological polar surface area (TPSA) is 79.9 Å². The summed E-state index contributed by atoms with van der Waals surface area (Å²) in [5.41, 5.74) is 3.86. The molecule has 0 saturated heterocycles. The fourth-order valence-corrected chi connectivity index (χ4v) is 4.92. The van der Waals surface area contributed by atoms with Gasteiger partial charge in [-0.2, -0.15) is 0 Å². The maximum absolute atomic E-state index is 14.0. The Morgan fingerprint density at radius 2 is 1.83 bits per heavy atom. The maximum Gasteiger partial charge on any atom is 0.271 e. The smallest absolute Gasteiger partial charge is 0.271 e. The van der Waals surface area contributed by atoms with Gasteiger partial charge in [0.2, 0.25) is 0 Å². The van der Waals surface area contributed by atoms with Crippen molar-refractivity contribution in [3.63, 3.8) is 0 Å². The summed E-state index contributed by atoms with van der Waals surface area (Å²) in [6.45, 7) is 1.92. The molecule has 6 nitrogen and oxygen atoms in total. The third kappa shape index (κ3) is 4.33. The van der Waals surface area contributed by atoms with Gasteiger partial charge in [-0.25, -0.2) is 4.68 Å². The Hall–Kier alpha value is -3.55. The highest BCUT2D eigenvalue weighted by atomic mass is 79.9. The van der Waals surface area contributed by atoms with E-state index in [-0.39, 0.29) is 11.3 Å². The Labute approximate surface area is 214 Å². The number of hydrogen-bond donors (Lipinski definition) is 2. The van der Waals surface area contributed by atoms with E-state index >= 15 is 0 Å². The summed E-state index contributed by atoms with van der Waals surface area (Å²) in [5, 5.41) is 4.58. The molecular formula is C27H21BrClN3O3. The van der Waals surface area contributed by atoms with Crippen LogP contribution < -0.4 is 10.3 Å². The standard InChI is InChI=1S/C27H21BrClN3O3/c1-15-25(21-13-20(35-2)10-11-22(21)30-15)26(27(34)16-6-8-18(29)9-7-16)23-14-24(33)32(31-23)19-5-3-4-17(28)12-19/h3-14,26,30-31H,1-2H3. The first-order valence-electron chi connectivity index (χ1n) is 10.9. The second-order valence-corrected chi connectivity index (χ2v) is 9.60. The number of H-pyrrole nitrogens is 2. The summed E-state index contributed by atoms with van der Waals surface area (Å²) in [6.07, 6.45) is 0. The van der Waals surface area contributed by atoms with Gasteiger partial charge in [-0.1, -0.05) is 33.6 Å². The minimum absolute atomic E-state index is 0.156. The lowest BCUT2D eigenvalue weighted by atomic mass is 9.86. The van der Waals surface area contributed by atoms with Gasteiger partial charge in [0.1, 0.15) is 5.75 Å².